The molecule has 0 saturated carbocycles. The molecule has 2 N–H and O–H groups in total. The first-order valence-electron chi connectivity index (χ1n) is 4.68. The molecule has 0 aromatic rings. The Morgan fingerprint density at radius 3 is 2.77 bits per heavy atom. The highest BCUT2D eigenvalue weighted by Crippen LogP contribution is 1.91. The van der Waals surface area contributed by atoms with Crippen molar-refractivity contribution in [1.82, 2.24) is 10.4 Å². The van der Waals surface area contributed by atoms with Crippen LogP contribution in [0.15, 0.2) is 0 Å². The normalized spacial score (nSPS) is 19.2. The molecule has 5 heteroatoms. The summed E-state index contributed by atoms with van der Waals surface area (Å²) in [6, 6.07) is 0. The highest BCUT2D eigenvalue weighted by molar-refractivity contribution is 4.56. The fourth-order valence-electron chi connectivity index (χ4n) is 1.16. The summed E-state index contributed by atoms with van der Waals surface area (Å²) in [4.78, 5) is 0. The first-order valence-corrected chi connectivity index (χ1v) is 4.68. The molecule has 1 heterocycles. The zero-order valence-electron chi connectivity index (χ0n) is 7.87. The van der Waals surface area contributed by atoms with Gasteiger partial charge in [-0.05, 0) is 0 Å². The first-order chi connectivity index (χ1) is 6.43. The summed E-state index contributed by atoms with van der Waals surface area (Å²) in [7, 11) is 0. The molecule has 0 atom stereocenters. The minimum Gasteiger partial charge on any atom is -0.394 e. The first kappa shape index (κ1) is 10.9. The van der Waals surface area contributed by atoms with Crippen molar-refractivity contribution >= 4 is 0 Å². The molecule has 1 aliphatic rings. The molecule has 1 rings (SSSR count). The summed E-state index contributed by atoms with van der Waals surface area (Å²) in [6.45, 7) is 5.40. The van der Waals surface area contributed by atoms with Gasteiger partial charge in [-0.1, -0.05) is 0 Å². The highest BCUT2D eigenvalue weighted by Gasteiger charge is 2.08. The molecule has 0 unspecified atom stereocenters. The van der Waals surface area contributed by atoms with Gasteiger partial charge in [0.2, 0.25) is 0 Å². The molecule has 0 aromatic carbocycles. The lowest BCUT2D eigenvalue weighted by atomic mass is 10.5. The Morgan fingerprint density at radius 1 is 1.31 bits per heavy atom. The molecule has 0 aliphatic carbocycles. The lowest BCUT2D eigenvalue weighted by Crippen LogP contribution is -2.46. The SMILES string of the molecule is OCCOCCNN1CCOCC1. The van der Waals surface area contributed by atoms with Crippen LogP contribution in [-0.2, 0) is 9.47 Å². The van der Waals surface area contributed by atoms with Crippen LogP contribution in [0.4, 0.5) is 0 Å². The zero-order chi connectivity index (χ0) is 9.36. The van der Waals surface area contributed by atoms with Gasteiger partial charge < -0.3 is 14.6 Å². The van der Waals surface area contributed by atoms with Crippen LogP contribution in [0, 0.1) is 0 Å². The molecular weight excluding hydrogens is 172 g/mol. The van der Waals surface area contributed by atoms with Crippen molar-refractivity contribution in [2.75, 3.05) is 52.7 Å². The number of rotatable bonds is 6. The summed E-state index contributed by atoms with van der Waals surface area (Å²) in [5.41, 5.74) is 3.23. The Hall–Kier alpha value is -0.200. The molecule has 13 heavy (non-hydrogen) atoms. The average molecular weight is 190 g/mol. The largest absolute Gasteiger partial charge is 0.394 e. The minimum absolute atomic E-state index is 0.0948. The van der Waals surface area contributed by atoms with Crippen molar-refractivity contribution in [2.24, 2.45) is 0 Å². The van der Waals surface area contributed by atoms with E-state index in [1.165, 1.54) is 0 Å². The van der Waals surface area contributed by atoms with Gasteiger partial charge in [0, 0.05) is 19.6 Å². The van der Waals surface area contributed by atoms with Gasteiger partial charge >= 0.3 is 0 Å². The molecule has 0 aromatic heterocycles. The van der Waals surface area contributed by atoms with Crippen LogP contribution in [0.3, 0.4) is 0 Å². The van der Waals surface area contributed by atoms with E-state index in [0.29, 0.717) is 13.2 Å². The van der Waals surface area contributed by atoms with E-state index < -0.39 is 0 Å². The Bertz CT molecular complexity index is 118. The number of ether oxygens (including phenoxy) is 2. The number of nitrogens with one attached hydrogen (secondary N) is 1. The maximum absolute atomic E-state index is 8.44. The molecule has 0 spiro atoms. The molecule has 5 nitrogen and oxygen atoms in total. The second kappa shape index (κ2) is 7.23. The summed E-state index contributed by atoms with van der Waals surface area (Å²) < 4.78 is 10.3. The third-order valence-corrected chi connectivity index (χ3v) is 1.83. The molecule has 0 amide bonds. The highest BCUT2D eigenvalue weighted by atomic mass is 16.5. The van der Waals surface area contributed by atoms with Crippen molar-refractivity contribution in [2.45, 2.75) is 0 Å². The van der Waals surface area contributed by atoms with Crippen molar-refractivity contribution in [3.05, 3.63) is 0 Å². The predicted octanol–water partition coefficient (Wildman–Crippen LogP) is -1.17. The standard InChI is InChI=1S/C8H18N2O3/c11-4-8-12-5-1-9-10-2-6-13-7-3-10/h9,11H,1-8H2. The van der Waals surface area contributed by atoms with Gasteiger partial charge in [0.15, 0.2) is 0 Å². The van der Waals surface area contributed by atoms with Crippen molar-refractivity contribution in [3.8, 4) is 0 Å². The van der Waals surface area contributed by atoms with E-state index in [4.69, 9.17) is 14.6 Å². The maximum atomic E-state index is 8.44. The summed E-state index contributed by atoms with van der Waals surface area (Å²) in [5, 5.41) is 10.6. The van der Waals surface area contributed by atoms with Crippen LogP contribution in [-0.4, -0.2) is 62.8 Å². The summed E-state index contributed by atoms with van der Waals surface area (Å²) in [5.74, 6) is 0. The Labute approximate surface area is 78.6 Å². The topological polar surface area (TPSA) is 54.0 Å². The van der Waals surface area contributed by atoms with Gasteiger partial charge in [-0.3, -0.25) is 5.43 Å². The van der Waals surface area contributed by atoms with Gasteiger partial charge in [-0.15, -0.1) is 0 Å². The van der Waals surface area contributed by atoms with E-state index in [9.17, 15) is 0 Å². The number of hydrazine groups is 1. The van der Waals surface area contributed by atoms with Crippen molar-refractivity contribution in [1.29, 1.82) is 0 Å². The second-order valence-corrected chi connectivity index (χ2v) is 2.84. The number of hydrogen-bond acceptors (Lipinski definition) is 5. The summed E-state index contributed by atoms with van der Waals surface area (Å²) in [6.07, 6.45) is 0. The number of nitrogens with zero attached hydrogens (tertiary/aromatic N) is 1. The molecule has 0 radical (unpaired) electrons. The van der Waals surface area contributed by atoms with E-state index in [1.807, 2.05) is 0 Å². The van der Waals surface area contributed by atoms with Gasteiger partial charge in [0.25, 0.3) is 0 Å². The third kappa shape index (κ3) is 5.17. The minimum atomic E-state index is 0.0948. The number of aliphatic hydroxyl groups is 1. The Morgan fingerprint density at radius 2 is 2.08 bits per heavy atom. The number of aliphatic hydroxyl groups excluding tert-OH is 1. The van der Waals surface area contributed by atoms with Crippen molar-refractivity contribution < 1.29 is 14.6 Å². The maximum Gasteiger partial charge on any atom is 0.0698 e. The molecule has 1 aliphatic heterocycles. The average Bonchev–Trinajstić information content (AvgIpc) is 2.19. The van der Waals surface area contributed by atoms with Crippen LogP contribution in [0.1, 0.15) is 0 Å². The number of hydrogen-bond donors (Lipinski definition) is 2. The van der Waals surface area contributed by atoms with E-state index in [0.717, 1.165) is 32.8 Å². The Kier molecular flexibility index (Phi) is 6.05. The van der Waals surface area contributed by atoms with E-state index in [2.05, 4.69) is 10.4 Å². The monoisotopic (exact) mass is 190 g/mol. The molecule has 0 bridgehead atoms. The fraction of sp³-hybridized carbons (Fsp3) is 1.00. The van der Waals surface area contributed by atoms with Gasteiger partial charge in [0.1, 0.15) is 0 Å². The van der Waals surface area contributed by atoms with Crippen molar-refractivity contribution in [3.63, 3.8) is 0 Å². The van der Waals surface area contributed by atoms with Crippen LogP contribution in [0.5, 0.6) is 0 Å². The van der Waals surface area contributed by atoms with Crippen LogP contribution in [0.25, 0.3) is 0 Å². The predicted molar refractivity (Wildman–Crippen MR) is 48.3 cm³/mol. The van der Waals surface area contributed by atoms with E-state index >= 15 is 0 Å². The molecule has 78 valence electrons. The number of morpholine rings is 1. The van der Waals surface area contributed by atoms with Gasteiger partial charge in [0.05, 0.1) is 33.0 Å². The quantitative estimate of drug-likeness (QED) is 0.517. The summed E-state index contributed by atoms with van der Waals surface area (Å²) >= 11 is 0. The zero-order valence-corrected chi connectivity index (χ0v) is 7.87. The smallest absolute Gasteiger partial charge is 0.0698 e. The molecule has 1 fully saturated rings. The molecule has 1 saturated heterocycles. The Balaban J connectivity index is 1.86. The van der Waals surface area contributed by atoms with Gasteiger partial charge in [-0.2, -0.15) is 0 Å². The molecular formula is C8H18N2O3. The van der Waals surface area contributed by atoms with Gasteiger partial charge in [-0.25, -0.2) is 5.01 Å². The van der Waals surface area contributed by atoms with Crippen LogP contribution in [0.2, 0.25) is 0 Å². The van der Waals surface area contributed by atoms with Crippen LogP contribution >= 0.6 is 0 Å². The third-order valence-electron chi connectivity index (χ3n) is 1.83. The fourth-order valence-corrected chi connectivity index (χ4v) is 1.16. The van der Waals surface area contributed by atoms with E-state index in [-0.39, 0.29) is 6.61 Å². The second-order valence-electron chi connectivity index (χ2n) is 2.84. The lowest BCUT2D eigenvalue weighted by molar-refractivity contribution is 0.00439. The van der Waals surface area contributed by atoms with Crippen LogP contribution < -0.4 is 5.43 Å². The lowest BCUT2D eigenvalue weighted by Gasteiger charge is -2.27. The van der Waals surface area contributed by atoms with E-state index in [1.54, 1.807) is 0 Å².